The van der Waals surface area contributed by atoms with Crippen LogP contribution in [0.3, 0.4) is 0 Å². The quantitative estimate of drug-likeness (QED) is 0.368. The molecule has 1 saturated heterocycles. The highest BCUT2D eigenvalue weighted by Gasteiger charge is 2.34. The third-order valence-corrected chi connectivity index (χ3v) is 7.14. The maximum absolute atomic E-state index is 12.9. The molecular weight excluding hydrogens is 378 g/mol. The van der Waals surface area contributed by atoms with Crippen molar-refractivity contribution < 1.29 is 13.2 Å². The van der Waals surface area contributed by atoms with E-state index in [-0.39, 0.29) is 18.5 Å². The lowest BCUT2D eigenvalue weighted by Gasteiger charge is -2.35. The molecule has 1 amide bonds. The average Bonchev–Trinajstić information content (AvgIpc) is 3.13. The molecule has 160 valence electrons. The summed E-state index contributed by atoms with van der Waals surface area (Å²) in [7, 11) is 0.00666. The van der Waals surface area contributed by atoms with Crippen LogP contribution in [0.25, 0.3) is 0 Å². The van der Waals surface area contributed by atoms with E-state index in [0.717, 1.165) is 37.7 Å². The zero-order chi connectivity index (χ0) is 20.7. The van der Waals surface area contributed by atoms with Gasteiger partial charge in [-0.25, -0.2) is 18.1 Å². The molecule has 2 fully saturated rings. The standard InChI is InChI=1S/C19H35N5O3S/c1-15(2)12-20-19(21-13-18(25)23(3)4)24-11-7-10-17(14-24)28(26,27)22-16-8-5-6-9-16/h16-17,22H,1,5-14H2,2-4H3,(H,20,21). The Kier molecular flexibility index (Phi) is 8.30. The lowest BCUT2D eigenvalue weighted by Crippen LogP contribution is -2.53. The number of aliphatic imine (C=N–C) groups is 1. The van der Waals surface area contributed by atoms with Crippen molar-refractivity contribution >= 4 is 21.9 Å². The number of hydrogen-bond acceptors (Lipinski definition) is 4. The fourth-order valence-electron chi connectivity index (χ4n) is 3.54. The first-order valence-corrected chi connectivity index (χ1v) is 11.6. The molecule has 0 radical (unpaired) electrons. The van der Waals surface area contributed by atoms with Gasteiger partial charge in [0.05, 0.1) is 5.25 Å². The van der Waals surface area contributed by atoms with Crippen LogP contribution >= 0.6 is 0 Å². The summed E-state index contributed by atoms with van der Waals surface area (Å²) in [6.07, 6.45) is 5.44. The first-order chi connectivity index (χ1) is 13.2. The summed E-state index contributed by atoms with van der Waals surface area (Å²) in [5.74, 6) is 0.470. The molecule has 1 saturated carbocycles. The molecule has 2 N–H and O–H groups in total. The minimum Gasteiger partial charge on any atom is -0.353 e. The summed E-state index contributed by atoms with van der Waals surface area (Å²) in [5, 5.41) is 2.75. The predicted molar refractivity (Wildman–Crippen MR) is 113 cm³/mol. The SMILES string of the molecule is C=C(C)CNC(=NCC(=O)N(C)C)N1CCCC(S(=O)(=O)NC2CCCC2)C1. The van der Waals surface area contributed by atoms with E-state index in [1.54, 1.807) is 14.1 Å². The van der Waals surface area contributed by atoms with E-state index in [1.807, 2.05) is 11.8 Å². The number of likely N-dealkylation sites (tertiary alicyclic amines) is 1. The van der Waals surface area contributed by atoms with Gasteiger partial charge in [-0.05, 0) is 32.6 Å². The van der Waals surface area contributed by atoms with Gasteiger partial charge in [0.25, 0.3) is 0 Å². The maximum atomic E-state index is 12.9. The molecule has 0 spiro atoms. The third-order valence-electron chi connectivity index (χ3n) is 5.21. The Morgan fingerprint density at radius 1 is 1.21 bits per heavy atom. The van der Waals surface area contributed by atoms with Crippen LogP contribution in [0.5, 0.6) is 0 Å². The van der Waals surface area contributed by atoms with Crippen LogP contribution in [-0.4, -0.2) is 81.7 Å². The Morgan fingerprint density at radius 2 is 1.89 bits per heavy atom. The van der Waals surface area contributed by atoms with Gasteiger partial charge in [-0.3, -0.25) is 4.79 Å². The lowest BCUT2D eigenvalue weighted by molar-refractivity contribution is -0.127. The van der Waals surface area contributed by atoms with Gasteiger partial charge < -0.3 is 15.1 Å². The van der Waals surface area contributed by atoms with Crippen LogP contribution in [0.4, 0.5) is 0 Å². The van der Waals surface area contributed by atoms with E-state index >= 15 is 0 Å². The van der Waals surface area contributed by atoms with E-state index in [9.17, 15) is 13.2 Å². The predicted octanol–water partition coefficient (Wildman–Crippen LogP) is 0.923. The van der Waals surface area contributed by atoms with E-state index < -0.39 is 15.3 Å². The fourth-order valence-corrected chi connectivity index (χ4v) is 5.28. The van der Waals surface area contributed by atoms with Crippen LogP contribution in [0, 0.1) is 0 Å². The molecular formula is C19H35N5O3S. The van der Waals surface area contributed by atoms with Gasteiger partial charge in [0.2, 0.25) is 15.9 Å². The van der Waals surface area contributed by atoms with Gasteiger partial charge in [0.1, 0.15) is 6.54 Å². The van der Waals surface area contributed by atoms with Gasteiger partial charge in [0, 0.05) is 39.8 Å². The van der Waals surface area contributed by atoms with Crippen LogP contribution < -0.4 is 10.0 Å². The zero-order valence-electron chi connectivity index (χ0n) is 17.4. The van der Waals surface area contributed by atoms with Gasteiger partial charge in [-0.15, -0.1) is 0 Å². The number of carbonyl (C=O) groups is 1. The van der Waals surface area contributed by atoms with Crippen molar-refractivity contribution in [3.05, 3.63) is 12.2 Å². The summed E-state index contributed by atoms with van der Waals surface area (Å²) in [5.41, 5.74) is 0.940. The number of likely N-dealkylation sites (N-methyl/N-ethyl adjacent to an activating group) is 1. The number of hydrogen-bond donors (Lipinski definition) is 2. The molecule has 0 aromatic rings. The normalized spacial score (nSPS) is 21.6. The minimum atomic E-state index is -3.38. The van der Waals surface area contributed by atoms with Crippen LogP contribution in [0.15, 0.2) is 17.1 Å². The second-order valence-electron chi connectivity index (χ2n) is 8.09. The minimum absolute atomic E-state index is 0.0275. The van der Waals surface area contributed by atoms with E-state index in [0.29, 0.717) is 32.0 Å². The molecule has 1 atom stereocenters. The lowest BCUT2D eigenvalue weighted by atomic mass is 10.1. The molecule has 2 rings (SSSR count). The molecule has 8 nitrogen and oxygen atoms in total. The van der Waals surface area contributed by atoms with Crippen LogP contribution in [-0.2, 0) is 14.8 Å². The van der Waals surface area contributed by atoms with Gasteiger partial charge in [-0.2, -0.15) is 0 Å². The van der Waals surface area contributed by atoms with Crippen LogP contribution in [0.2, 0.25) is 0 Å². The fraction of sp³-hybridized carbons (Fsp3) is 0.789. The smallest absolute Gasteiger partial charge is 0.243 e. The number of nitrogens with zero attached hydrogens (tertiary/aromatic N) is 3. The summed E-state index contributed by atoms with van der Waals surface area (Å²) >= 11 is 0. The van der Waals surface area contributed by atoms with Gasteiger partial charge in [0.15, 0.2) is 5.96 Å². The number of amides is 1. The van der Waals surface area contributed by atoms with Crippen molar-refractivity contribution in [2.45, 2.75) is 56.7 Å². The van der Waals surface area contributed by atoms with E-state index in [1.165, 1.54) is 4.90 Å². The van der Waals surface area contributed by atoms with Crippen LogP contribution in [0.1, 0.15) is 45.4 Å². The summed E-state index contributed by atoms with van der Waals surface area (Å²) in [4.78, 5) is 19.8. The number of guanidine groups is 1. The first-order valence-electron chi connectivity index (χ1n) is 10.1. The molecule has 1 aliphatic carbocycles. The van der Waals surface area contributed by atoms with Gasteiger partial charge >= 0.3 is 0 Å². The monoisotopic (exact) mass is 413 g/mol. The van der Waals surface area contributed by atoms with Crippen molar-refractivity contribution in [1.82, 2.24) is 19.8 Å². The van der Waals surface area contributed by atoms with Crippen molar-refractivity contribution in [2.24, 2.45) is 4.99 Å². The van der Waals surface area contributed by atoms with Gasteiger partial charge in [-0.1, -0.05) is 25.0 Å². The maximum Gasteiger partial charge on any atom is 0.243 e. The molecule has 1 heterocycles. The van der Waals surface area contributed by atoms with E-state index in [2.05, 4.69) is 21.6 Å². The Morgan fingerprint density at radius 3 is 2.50 bits per heavy atom. The third kappa shape index (κ3) is 6.77. The number of nitrogens with one attached hydrogen (secondary N) is 2. The zero-order valence-corrected chi connectivity index (χ0v) is 18.2. The second-order valence-corrected chi connectivity index (χ2v) is 10.1. The van der Waals surface area contributed by atoms with Crippen molar-refractivity contribution in [2.75, 3.05) is 40.3 Å². The topological polar surface area (TPSA) is 94.1 Å². The molecule has 1 unspecified atom stereocenters. The Balaban J connectivity index is 2.08. The highest BCUT2D eigenvalue weighted by Crippen LogP contribution is 2.22. The van der Waals surface area contributed by atoms with Crippen molar-refractivity contribution in [3.8, 4) is 0 Å². The molecule has 0 aromatic heterocycles. The molecule has 0 aromatic carbocycles. The number of sulfonamides is 1. The summed E-state index contributed by atoms with van der Waals surface area (Å²) in [6.45, 7) is 7.45. The molecule has 28 heavy (non-hydrogen) atoms. The molecule has 0 bridgehead atoms. The largest absolute Gasteiger partial charge is 0.353 e. The molecule has 1 aliphatic heterocycles. The highest BCUT2D eigenvalue weighted by atomic mass is 32.2. The number of carbonyl (C=O) groups excluding carboxylic acids is 1. The Hall–Kier alpha value is -1.61. The number of piperidine rings is 1. The average molecular weight is 414 g/mol. The van der Waals surface area contributed by atoms with Crippen molar-refractivity contribution in [3.63, 3.8) is 0 Å². The second kappa shape index (κ2) is 10.2. The van der Waals surface area contributed by atoms with E-state index in [4.69, 9.17) is 0 Å². The molecule has 9 heteroatoms. The summed E-state index contributed by atoms with van der Waals surface area (Å²) < 4.78 is 28.6. The van der Waals surface area contributed by atoms with Crippen molar-refractivity contribution in [1.29, 1.82) is 0 Å². The summed E-state index contributed by atoms with van der Waals surface area (Å²) in [6, 6.07) is 0.0766. The Labute approximate surface area is 169 Å². The molecule has 2 aliphatic rings. The number of rotatable bonds is 7. The highest BCUT2D eigenvalue weighted by molar-refractivity contribution is 7.90. The Bertz CT molecular complexity index is 684. The first kappa shape index (κ1) is 22.7.